The molecule has 0 aromatic heterocycles. The molecule has 0 fully saturated rings. The van der Waals surface area contributed by atoms with Gasteiger partial charge in [-0.25, -0.2) is 0 Å². The summed E-state index contributed by atoms with van der Waals surface area (Å²) in [4.78, 5) is 58.9. The van der Waals surface area contributed by atoms with E-state index in [1.807, 2.05) is 0 Å². The Kier molecular flexibility index (Phi) is 0.929. The van der Waals surface area contributed by atoms with Crippen molar-refractivity contribution in [1.82, 2.24) is 0 Å². The molecule has 20 heavy (non-hydrogen) atoms. The van der Waals surface area contributed by atoms with Crippen molar-refractivity contribution in [3.8, 4) is 0 Å². The largest absolute Gasteiger partial charge is 0.289 e. The lowest BCUT2D eigenvalue weighted by atomic mass is 10.4. The second-order valence-corrected chi connectivity index (χ2v) is 5.40. The Morgan fingerprint density at radius 3 is 0.450 bits per heavy atom. The molecule has 0 aliphatic rings. The summed E-state index contributed by atoms with van der Waals surface area (Å²) in [5, 5.41) is 2.70. The van der Waals surface area contributed by atoms with E-state index < -0.39 is 0 Å². The molecule has 0 atom stereocenters. The molecule has 90 valence electrons. The zero-order valence-electron chi connectivity index (χ0n) is 9.54. The number of hydrogen-bond donors (Lipinski definition) is 0. The maximum atomic E-state index is 11.8. The van der Waals surface area contributed by atoms with E-state index in [4.69, 9.17) is 0 Å². The minimum Gasteiger partial charge on any atom is -0.289 e. The van der Waals surface area contributed by atoms with E-state index in [1.165, 1.54) is 0 Å². The molecule has 0 amide bonds. The summed E-state index contributed by atoms with van der Waals surface area (Å²) in [5.74, 6) is 0. The van der Waals surface area contributed by atoms with Crippen molar-refractivity contribution >= 4 is 53.9 Å². The van der Waals surface area contributed by atoms with Crippen LogP contribution < -0.4 is 27.1 Å². The van der Waals surface area contributed by atoms with Gasteiger partial charge in [-0.3, -0.25) is 24.0 Å². The molecule has 0 saturated carbocycles. The molecule has 0 bridgehead atoms. The van der Waals surface area contributed by atoms with Crippen LogP contribution in [0.1, 0.15) is 0 Å². The average Bonchev–Trinajstić information content (AvgIpc) is 3.22. The van der Waals surface area contributed by atoms with E-state index in [0.29, 0.717) is 0 Å². The van der Waals surface area contributed by atoms with Crippen molar-refractivity contribution < 1.29 is 0 Å². The summed E-state index contributed by atoms with van der Waals surface area (Å²) in [6, 6.07) is 0. The molecule has 0 N–H and O–H groups in total. The molecule has 6 aromatic carbocycles. The van der Waals surface area contributed by atoms with E-state index in [-0.39, 0.29) is 81.0 Å². The lowest BCUT2D eigenvalue weighted by Gasteiger charge is -1.59. The monoisotopic (exact) mass is 260 g/mol. The average molecular weight is 260 g/mol. The lowest BCUT2D eigenvalue weighted by Crippen LogP contribution is -1.73. The van der Waals surface area contributed by atoms with Gasteiger partial charge < -0.3 is 0 Å². The summed E-state index contributed by atoms with van der Waals surface area (Å²) < 4.78 is 0. The third-order valence-electron chi connectivity index (χ3n) is 4.46. The van der Waals surface area contributed by atoms with E-state index in [2.05, 4.69) is 0 Å². The van der Waals surface area contributed by atoms with Crippen LogP contribution in [0.2, 0.25) is 0 Å². The second kappa shape index (κ2) is 2.06. The molecule has 0 aliphatic heterocycles. The molecule has 0 heterocycles. The quantitative estimate of drug-likeness (QED) is 0.376. The van der Waals surface area contributed by atoms with Gasteiger partial charge in [-0.1, -0.05) is 0 Å². The fraction of sp³-hybridized carbons (Fsp3) is 0. The van der Waals surface area contributed by atoms with Crippen LogP contribution in [-0.4, -0.2) is 0 Å². The van der Waals surface area contributed by atoms with Crippen molar-refractivity contribution in [2.45, 2.75) is 0 Å². The number of hydrogen-bond acceptors (Lipinski definition) is 5. The van der Waals surface area contributed by atoms with Gasteiger partial charge in [0.1, 0.15) is 0 Å². The van der Waals surface area contributed by atoms with Gasteiger partial charge in [-0.05, 0) is 0 Å². The highest BCUT2D eigenvalue weighted by Crippen LogP contribution is 2.39. The van der Waals surface area contributed by atoms with E-state index >= 15 is 0 Å². The van der Waals surface area contributed by atoms with Crippen LogP contribution in [0.4, 0.5) is 0 Å². The predicted molar refractivity (Wildman–Crippen MR) is 74.8 cm³/mol. The van der Waals surface area contributed by atoms with Crippen molar-refractivity contribution in [2.24, 2.45) is 0 Å². The van der Waals surface area contributed by atoms with Crippen LogP contribution in [0.5, 0.6) is 0 Å². The van der Waals surface area contributed by atoms with Crippen LogP contribution in [0.3, 0.4) is 0 Å². The first-order valence-electron chi connectivity index (χ1n) is 6.02. The Bertz CT molecular complexity index is 1130. The van der Waals surface area contributed by atoms with E-state index in [0.717, 1.165) is 0 Å². The van der Waals surface area contributed by atoms with Crippen LogP contribution in [0.15, 0.2) is 24.0 Å². The van der Waals surface area contributed by atoms with Crippen LogP contribution in [0, 0.1) is 0 Å². The smallest absolute Gasteiger partial charge is 0.196 e. The van der Waals surface area contributed by atoms with Gasteiger partial charge in [0.05, 0.1) is 0 Å². The summed E-state index contributed by atoms with van der Waals surface area (Å²) in [6.07, 6.45) is 0. The van der Waals surface area contributed by atoms with Crippen molar-refractivity contribution in [3.63, 3.8) is 0 Å². The minimum absolute atomic E-state index is 0.270. The zero-order chi connectivity index (χ0) is 13.7. The third kappa shape index (κ3) is 0.661. The summed E-state index contributed by atoms with van der Waals surface area (Å²) in [7, 11) is 0. The predicted octanol–water partition coefficient (Wildman–Crippen LogP) is -0.244. The molecule has 0 aliphatic carbocycles. The van der Waals surface area contributed by atoms with Crippen LogP contribution >= 0.6 is 0 Å². The fourth-order valence-electron chi connectivity index (χ4n) is 3.24. The number of fused-ring (bicyclic) bond motifs is 10. The Morgan fingerprint density at radius 2 is 0.350 bits per heavy atom. The Balaban J connectivity index is 2.14. The molecule has 5 heteroatoms. The molecule has 6 rings (SSSR count). The maximum absolute atomic E-state index is 11.8. The molecule has 5 nitrogen and oxygen atoms in total. The second-order valence-electron chi connectivity index (χ2n) is 5.40. The maximum Gasteiger partial charge on any atom is 0.196 e. The Labute approximate surface area is 106 Å². The van der Waals surface area contributed by atoms with Crippen molar-refractivity contribution in [1.29, 1.82) is 0 Å². The van der Waals surface area contributed by atoms with Gasteiger partial charge in [-0.2, -0.15) is 0 Å². The van der Waals surface area contributed by atoms with Crippen LogP contribution in [0.25, 0.3) is 53.9 Å². The summed E-state index contributed by atoms with van der Waals surface area (Å²) in [6.45, 7) is 0. The molecule has 0 unspecified atom stereocenters. The zero-order valence-corrected chi connectivity index (χ0v) is 9.54. The highest BCUT2D eigenvalue weighted by molar-refractivity contribution is 6.42. The van der Waals surface area contributed by atoms with E-state index in [1.54, 1.807) is 0 Å². The molecule has 0 spiro atoms. The van der Waals surface area contributed by atoms with Crippen molar-refractivity contribution in [3.05, 3.63) is 51.1 Å². The Hall–Kier alpha value is -2.95. The van der Waals surface area contributed by atoms with Gasteiger partial charge in [0.15, 0.2) is 27.1 Å². The molecule has 6 aromatic rings. The first kappa shape index (κ1) is 9.03. The van der Waals surface area contributed by atoms with Crippen LogP contribution in [-0.2, 0) is 0 Å². The lowest BCUT2D eigenvalue weighted by molar-refractivity contribution is 2.08. The van der Waals surface area contributed by atoms with Gasteiger partial charge in [0.2, 0.25) is 0 Å². The van der Waals surface area contributed by atoms with Crippen molar-refractivity contribution in [2.75, 3.05) is 0 Å². The fourth-order valence-corrected chi connectivity index (χ4v) is 3.24. The summed E-state index contributed by atoms with van der Waals surface area (Å²) in [5.41, 5.74) is -1.56. The molecule has 0 radical (unpaired) electrons. The van der Waals surface area contributed by atoms with Gasteiger partial charge in [0, 0.05) is 53.9 Å². The van der Waals surface area contributed by atoms with Gasteiger partial charge in [-0.15, -0.1) is 0 Å². The van der Waals surface area contributed by atoms with Gasteiger partial charge in [0.25, 0.3) is 0 Å². The Morgan fingerprint density at radius 1 is 0.250 bits per heavy atom. The molecular weight excluding hydrogens is 260 g/mol. The normalized spacial score (nSPS) is 14.0. The molecule has 0 saturated heterocycles. The minimum atomic E-state index is -0.311. The highest BCUT2D eigenvalue weighted by Gasteiger charge is 2.37. The third-order valence-corrected chi connectivity index (χ3v) is 4.46. The first-order valence-corrected chi connectivity index (χ1v) is 6.02. The number of rotatable bonds is 0. The highest BCUT2D eigenvalue weighted by atomic mass is 16.1. The molecular formula is C15O5. The summed E-state index contributed by atoms with van der Waals surface area (Å²) >= 11 is 0. The first-order chi connectivity index (χ1) is 9.55. The topological polar surface area (TPSA) is 85.3 Å². The standard InChI is InChI=1S/C15O5/c16-11-1-2(11)4-6(13(4)18)8-10(15(8)20)9-7(14(9)19)5-3(1)12(5)17. The van der Waals surface area contributed by atoms with Gasteiger partial charge >= 0.3 is 0 Å². The van der Waals surface area contributed by atoms with E-state index in [9.17, 15) is 24.0 Å². The SMILES string of the molecule is O=c1c2c3c(=O)c3c3c(=O)c3c3c(=O)c3c3c(=O)c3c12.